The molecule has 1 aliphatic rings. The molecule has 0 aromatic rings. The summed E-state index contributed by atoms with van der Waals surface area (Å²) in [6.07, 6.45) is 1.54. The van der Waals surface area contributed by atoms with Crippen LogP contribution in [0.1, 0.15) is 19.3 Å². The average Bonchev–Trinajstić information content (AvgIpc) is 2.16. The Morgan fingerprint density at radius 2 is 1.71 bits per heavy atom. The second kappa shape index (κ2) is 4.41. The molecule has 0 bridgehead atoms. The summed E-state index contributed by atoms with van der Waals surface area (Å²) < 4.78 is 0. The zero-order valence-electron chi connectivity index (χ0n) is 7.85. The first-order valence-electron chi connectivity index (χ1n) is 4.72. The van der Waals surface area contributed by atoms with Crippen LogP contribution in [0.4, 0.5) is 0 Å². The maximum Gasteiger partial charge on any atom is 0.307 e. The number of nitrogens with two attached hydrogens (primary N) is 1. The van der Waals surface area contributed by atoms with Gasteiger partial charge in [-0.25, -0.2) is 0 Å². The highest BCUT2D eigenvalue weighted by molar-refractivity contribution is 5.80. The Bertz CT molecular complexity index is 241. The topological polar surface area (TPSA) is 101 Å². The van der Waals surface area contributed by atoms with Crippen LogP contribution in [-0.4, -0.2) is 28.7 Å². The zero-order chi connectivity index (χ0) is 10.7. The number of rotatable bonds is 3. The molecule has 14 heavy (non-hydrogen) atoms. The van der Waals surface area contributed by atoms with Crippen molar-refractivity contribution in [1.29, 1.82) is 0 Å². The van der Waals surface area contributed by atoms with Crippen LogP contribution in [0.15, 0.2) is 0 Å². The van der Waals surface area contributed by atoms with Gasteiger partial charge in [0, 0.05) is 0 Å². The number of carboxylic acid groups (broad SMARTS) is 2. The highest BCUT2D eigenvalue weighted by Gasteiger charge is 2.38. The van der Waals surface area contributed by atoms with E-state index in [4.69, 9.17) is 15.9 Å². The predicted octanol–water partition coefficient (Wildman–Crippen LogP) is 0.147. The Labute approximate surface area is 81.9 Å². The van der Waals surface area contributed by atoms with Crippen molar-refractivity contribution < 1.29 is 19.8 Å². The lowest BCUT2D eigenvalue weighted by molar-refractivity contribution is -0.156. The van der Waals surface area contributed by atoms with E-state index in [2.05, 4.69) is 0 Å². The molecule has 3 atom stereocenters. The molecule has 1 saturated carbocycles. The van der Waals surface area contributed by atoms with Crippen molar-refractivity contribution in [3.63, 3.8) is 0 Å². The van der Waals surface area contributed by atoms with Gasteiger partial charge in [0.25, 0.3) is 0 Å². The molecule has 0 saturated heterocycles. The predicted molar refractivity (Wildman–Crippen MR) is 48.6 cm³/mol. The van der Waals surface area contributed by atoms with Crippen molar-refractivity contribution in [2.75, 3.05) is 6.54 Å². The highest BCUT2D eigenvalue weighted by atomic mass is 16.4. The van der Waals surface area contributed by atoms with Crippen molar-refractivity contribution in [3.05, 3.63) is 0 Å². The van der Waals surface area contributed by atoms with Gasteiger partial charge in [-0.3, -0.25) is 9.59 Å². The molecule has 4 N–H and O–H groups in total. The maximum atomic E-state index is 10.8. The third-order valence-corrected chi connectivity index (χ3v) is 2.93. The second-order valence-electron chi connectivity index (χ2n) is 3.80. The van der Waals surface area contributed by atoms with Crippen LogP contribution >= 0.6 is 0 Å². The van der Waals surface area contributed by atoms with Crippen molar-refractivity contribution in [2.45, 2.75) is 19.3 Å². The molecule has 0 aliphatic heterocycles. The number of carboxylic acids is 2. The van der Waals surface area contributed by atoms with Crippen molar-refractivity contribution in [3.8, 4) is 0 Å². The smallest absolute Gasteiger partial charge is 0.307 e. The molecule has 0 aromatic heterocycles. The van der Waals surface area contributed by atoms with Gasteiger partial charge in [-0.15, -0.1) is 0 Å². The molecule has 0 aromatic carbocycles. The molecule has 5 heteroatoms. The lowest BCUT2D eigenvalue weighted by Crippen LogP contribution is -2.37. The average molecular weight is 201 g/mol. The molecular formula is C9H15NO4. The lowest BCUT2D eigenvalue weighted by Gasteiger charge is -2.30. The van der Waals surface area contributed by atoms with Gasteiger partial charge in [0.15, 0.2) is 0 Å². The van der Waals surface area contributed by atoms with E-state index in [0.717, 1.165) is 6.42 Å². The molecule has 0 radical (unpaired) electrons. The van der Waals surface area contributed by atoms with Gasteiger partial charge in [0.2, 0.25) is 0 Å². The second-order valence-corrected chi connectivity index (χ2v) is 3.80. The van der Waals surface area contributed by atoms with Crippen molar-refractivity contribution in [2.24, 2.45) is 23.5 Å². The van der Waals surface area contributed by atoms with Gasteiger partial charge in [-0.1, -0.05) is 0 Å². The summed E-state index contributed by atoms with van der Waals surface area (Å²) in [6.45, 7) is 0.441. The van der Waals surface area contributed by atoms with E-state index in [1.54, 1.807) is 0 Å². The van der Waals surface area contributed by atoms with Gasteiger partial charge < -0.3 is 15.9 Å². The number of hydrogen-bond donors (Lipinski definition) is 3. The van der Waals surface area contributed by atoms with Gasteiger partial charge in [0.05, 0.1) is 11.8 Å². The van der Waals surface area contributed by atoms with Gasteiger partial charge >= 0.3 is 11.9 Å². The fourth-order valence-corrected chi connectivity index (χ4v) is 2.04. The van der Waals surface area contributed by atoms with E-state index in [0.29, 0.717) is 19.4 Å². The van der Waals surface area contributed by atoms with Crippen LogP contribution in [0.25, 0.3) is 0 Å². The minimum absolute atomic E-state index is 0.159. The Kier molecular flexibility index (Phi) is 3.46. The molecule has 1 rings (SSSR count). The van der Waals surface area contributed by atoms with E-state index in [-0.39, 0.29) is 5.92 Å². The first-order chi connectivity index (χ1) is 6.56. The van der Waals surface area contributed by atoms with E-state index in [1.165, 1.54) is 0 Å². The van der Waals surface area contributed by atoms with Crippen LogP contribution in [0.3, 0.4) is 0 Å². The molecule has 0 spiro atoms. The van der Waals surface area contributed by atoms with Crippen LogP contribution in [0.2, 0.25) is 0 Å². The molecule has 5 nitrogen and oxygen atoms in total. The van der Waals surface area contributed by atoms with Gasteiger partial charge in [0.1, 0.15) is 0 Å². The monoisotopic (exact) mass is 201 g/mol. The first-order valence-corrected chi connectivity index (χ1v) is 4.72. The Hall–Kier alpha value is -1.10. The molecule has 0 unspecified atom stereocenters. The van der Waals surface area contributed by atoms with Crippen LogP contribution in [0, 0.1) is 17.8 Å². The molecule has 1 aliphatic carbocycles. The van der Waals surface area contributed by atoms with Crippen LogP contribution in [-0.2, 0) is 9.59 Å². The highest BCUT2D eigenvalue weighted by Crippen LogP contribution is 2.33. The first kappa shape index (κ1) is 11.0. The maximum absolute atomic E-state index is 10.8. The summed E-state index contributed by atoms with van der Waals surface area (Å²) in [4.78, 5) is 21.6. The summed E-state index contributed by atoms with van der Waals surface area (Å²) in [5.41, 5.74) is 5.45. The lowest BCUT2D eigenvalue weighted by atomic mass is 9.74. The number of aliphatic carboxylic acids is 2. The van der Waals surface area contributed by atoms with Gasteiger partial charge in [-0.2, -0.15) is 0 Å². The van der Waals surface area contributed by atoms with Crippen molar-refractivity contribution in [1.82, 2.24) is 0 Å². The standard InChI is InChI=1S/C9H15NO4/c10-4-5-1-2-6(8(11)12)7(3-5)9(13)14/h5-7H,1-4,10H2,(H,11,12)(H,13,14)/t5-,6-,7-/m0/s1. The fraction of sp³-hybridized carbons (Fsp3) is 0.778. The zero-order valence-corrected chi connectivity index (χ0v) is 7.85. The third-order valence-electron chi connectivity index (χ3n) is 2.93. The minimum Gasteiger partial charge on any atom is -0.481 e. The molecule has 80 valence electrons. The quantitative estimate of drug-likeness (QED) is 0.603. The number of hydrogen-bond acceptors (Lipinski definition) is 3. The Morgan fingerprint density at radius 3 is 2.14 bits per heavy atom. The van der Waals surface area contributed by atoms with Crippen molar-refractivity contribution >= 4 is 11.9 Å². The number of carbonyl (C=O) groups is 2. The van der Waals surface area contributed by atoms with Gasteiger partial charge in [-0.05, 0) is 31.7 Å². The Balaban J connectivity index is 2.70. The summed E-state index contributed by atoms with van der Waals surface area (Å²) in [7, 11) is 0. The molecule has 0 heterocycles. The normalized spacial score (nSPS) is 32.5. The largest absolute Gasteiger partial charge is 0.481 e. The Morgan fingerprint density at radius 1 is 1.14 bits per heavy atom. The van der Waals surface area contributed by atoms with E-state index in [1.807, 2.05) is 0 Å². The molecule has 1 fully saturated rings. The van der Waals surface area contributed by atoms with Crippen LogP contribution < -0.4 is 5.73 Å². The SMILES string of the molecule is NC[C@H]1CC[C@H](C(=O)O)[C@@H](C(=O)O)C1. The third kappa shape index (κ3) is 2.23. The molecular weight excluding hydrogens is 186 g/mol. The fourth-order valence-electron chi connectivity index (χ4n) is 2.04. The summed E-state index contributed by atoms with van der Waals surface area (Å²) in [5.74, 6) is -3.37. The summed E-state index contributed by atoms with van der Waals surface area (Å²) in [5, 5.41) is 17.7. The summed E-state index contributed by atoms with van der Waals surface area (Å²) >= 11 is 0. The summed E-state index contributed by atoms with van der Waals surface area (Å²) in [6, 6.07) is 0. The minimum atomic E-state index is -1.02. The van der Waals surface area contributed by atoms with E-state index >= 15 is 0 Å². The van der Waals surface area contributed by atoms with Crippen LogP contribution in [0.5, 0.6) is 0 Å². The van der Waals surface area contributed by atoms with E-state index < -0.39 is 23.8 Å². The molecule has 0 amide bonds. The van der Waals surface area contributed by atoms with E-state index in [9.17, 15) is 9.59 Å².